The number of ketones is 1. The van der Waals surface area contributed by atoms with Crippen molar-refractivity contribution < 1.29 is 9.21 Å². The smallest absolute Gasteiger partial charge is 0.205 e. The van der Waals surface area contributed by atoms with Crippen molar-refractivity contribution in [1.82, 2.24) is 9.97 Å². The molecule has 0 atom stereocenters. The molecule has 0 radical (unpaired) electrons. The maximum absolute atomic E-state index is 11.4. The summed E-state index contributed by atoms with van der Waals surface area (Å²) in [6, 6.07) is 3.33. The lowest BCUT2D eigenvalue weighted by Gasteiger charge is -1.92. The van der Waals surface area contributed by atoms with Crippen molar-refractivity contribution in [3.63, 3.8) is 0 Å². The van der Waals surface area contributed by atoms with E-state index in [-0.39, 0.29) is 12.2 Å². The van der Waals surface area contributed by atoms with Gasteiger partial charge in [-0.25, -0.2) is 4.98 Å². The molecule has 2 aromatic rings. The number of rotatable bonds is 3. The molecule has 2 aromatic heterocycles. The van der Waals surface area contributed by atoms with E-state index in [1.165, 1.54) is 6.26 Å². The Bertz CT molecular complexity index is 376. The van der Waals surface area contributed by atoms with Crippen LogP contribution in [0.2, 0.25) is 0 Å². The van der Waals surface area contributed by atoms with Gasteiger partial charge in [-0.2, -0.15) is 0 Å². The number of carbonyl (C=O) groups is 1. The molecule has 0 aromatic carbocycles. The summed E-state index contributed by atoms with van der Waals surface area (Å²) in [5.74, 6) is 0.956. The van der Waals surface area contributed by atoms with Gasteiger partial charge in [0.25, 0.3) is 0 Å². The van der Waals surface area contributed by atoms with E-state index in [1.807, 2.05) is 0 Å². The SMILES string of the molecule is O=C(Cc1ncc[nH]1)c1ccco1. The molecule has 0 bridgehead atoms. The first kappa shape index (κ1) is 7.79. The topological polar surface area (TPSA) is 58.9 Å². The number of nitrogens with one attached hydrogen (secondary N) is 1. The molecule has 0 amide bonds. The van der Waals surface area contributed by atoms with Crippen LogP contribution in [0.15, 0.2) is 35.2 Å². The van der Waals surface area contributed by atoms with Crippen LogP contribution in [0, 0.1) is 0 Å². The zero-order chi connectivity index (χ0) is 9.10. The van der Waals surface area contributed by atoms with Gasteiger partial charge in [0, 0.05) is 12.4 Å². The van der Waals surface area contributed by atoms with E-state index in [2.05, 4.69) is 9.97 Å². The highest BCUT2D eigenvalue weighted by Crippen LogP contribution is 2.04. The Balaban J connectivity index is 2.08. The predicted molar refractivity (Wildman–Crippen MR) is 45.3 cm³/mol. The van der Waals surface area contributed by atoms with Gasteiger partial charge in [0.1, 0.15) is 5.82 Å². The van der Waals surface area contributed by atoms with E-state index >= 15 is 0 Å². The number of nitrogens with zero attached hydrogens (tertiary/aromatic N) is 1. The molecule has 2 rings (SSSR count). The molecule has 4 heteroatoms. The monoisotopic (exact) mass is 176 g/mol. The lowest BCUT2D eigenvalue weighted by atomic mass is 10.2. The van der Waals surface area contributed by atoms with Crippen LogP contribution >= 0.6 is 0 Å². The van der Waals surface area contributed by atoms with Gasteiger partial charge in [0.15, 0.2) is 5.76 Å². The Morgan fingerprint density at radius 3 is 3.15 bits per heavy atom. The summed E-state index contributed by atoms with van der Waals surface area (Å²) >= 11 is 0. The van der Waals surface area contributed by atoms with Crippen LogP contribution in [0.25, 0.3) is 0 Å². The summed E-state index contributed by atoms with van der Waals surface area (Å²) < 4.78 is 4.95. The van der Waals surface area contributed by atoms with Crippen LogP contribution in [0.3, 0.4) is 0 Å². The summed E-state index contributed by atoms with van der Waals surface area (Å²) in [4.78, 5) is 18.2. The van der Waals surface area contributed by atoms with E-state index in [4.69, 9.17) is 4.42 Å². The largest absolute Gasteiger partial charge is 0.461 e. The van der Waals surface area contributed by atoms with Crippen molar-refractivity contribution >= 4 is 5.78 Å². The molecule has 0 spiro atoms. The fourth-order valence-electron chi connectivity index (χ4n) is 1.07. The van der Waals surface area contributed by atoms with Gasteiger partial charge < -0.3 is 9.40 Å². The van der Waals surface area contributed by atoms with E-state index < -0.39 is 0 Å². The molecule has 0 unspecified atom stereocenters. The van der Waals surface area contributed by atoms with Crippen molar-refractivity contribution in [3.05, 3.63) is 42.4 Å². The van der Waals surface area contributed by atoms with Crippen LogP contribution in [0.4, 0.5) is 0 Å². The summed E-state index contributed by atoms with van der Waals surface area (Å²) in [6.45, 7) is 0. The van der Waals surface area contributed by atoms with Crippen LogP contribution in [0.5, 0.6) is 0 Å². The highest BCUT2D eigenvalue weighted by atomic mass is 16.3. The van der Waals surface area contributed by atoms with Crippen LogP contribution in [-0.4, -0.2) is 15.8 Å². The van der Waals surface area contributed by atoms with Gasteiger partial charge in [0.05, 0.1) is 12.7 Å². The minimum atomic E-state index is -0.0695. The van der Waals surface area contributed by atoms with Gasteiger partial charge in [-0.1, -0.05) is 0 Å². The minimum absolute atomic E-state index is 0.0695. The van der Waals surface area contributed by atoms with Gasteiger partial charge in [0.2, 0.25) is 5.78 Å². The number of aromatic amines is 1. The number of hydrogen-bond acceptors (Lipinski definition) is 3. The Labute approximate surface area is 74.6 Å². The van der Waals surface area contributed by atoms with Crippen molar-refractivity contribution in [3.8, 4) is 0 Å². The fourth-order valence-corrected chi connectivity index (χ4v) is 1.07. The standard InChI is InChI=1S/C9H8N2O2/c12-7(8-2-1-5-13-8)6-9-10-3-4-11-9/h1-5H,6H2,(H,10,11). The van der Waals surface area contributed by atoms with Gasteiger partial charge in [-0.05, 0) is 12.1 Å². The van der Waals surface area contributed by atoms with Gasteiger partial charge in [-0.3, -0.25) is 4.79 Å². The summed E-state index contributed by atoms with van der Waals surface area (Å²) in [5, 5.41) is 0. The first-order chi connectivity index (χ1) is 6.36. The minimum Gasteiger partial charge on any atom is -0.461 e. The van der Waals surface area contributed by atoms with Crippen molar-refractivity contribution in [1.29, 1.82) is 0 Å². The molecule has 13 heavy (non-hydrogen) atoms. The van der Waals surface area contributed by atoms with E-state index in [1.54, 1.807) is 24.5 Å². The molecule has 2 heterocycles. The maximum atomic E-state index is 11.4. The number of imidazole rings is 1. The molecule has 0 aliphatic rings. The van der Waals surface area contributed by atoms with Crippen molar-refractivity contribution in [2.24, 2.45) is 0 Å². The van der Waals surface area contributed by atoms with Crippen LogP contribution in [-0.2, 0) is 6.42 Å². The highest BCUT2D eigenvalue weighted by Gasteiger charge is 2.10. The Morgan fingerprint density at radius 1 is 1.62 bits per heavy atom. The summed E-state index contributed by atoms with van der Waals surface area (Å²) in [6.07, 6.45) is 5.03. The summed E-state index contributed by atoms with van der Waals surface area (Å²) in [5.41, 5.74) is 0. The van der Waals surface area contributed by atoms with Crippen molar-refractivity contribution in [2.75, 3.05) is 0 Å². The van der Waals surface area contributed by atoms with E-state index in [0.717, 1.165) is 0 Å². The fraction of sp³-hybridized carbons (Fsp3) is 0.111. The molecule has 4 nitrogen and oxygen atoms in total. The van der Waals surface area contributed by atoms with Crippen molar-refractivity contribution in [2.45, 2.75) is 6.42 Å². The third-order valence-electron chi connectivity index (χ3n) is 1.68. The Kier molecular flexibility index (Phi) is 1.96. The molecule has 1 N–H and O–H groups in total. The first-order valence-corrected chi connectivity index (χ1v) is 3.91. The third-order valence-corrected chi connectivity index (χ3v) is 1.68. The number of aromatic nitrogens is 2. The summed E-state index contributed by atoms with van der Waals surface area (Å²) in [7, 11) is 0. The molecule has 0 saturated heterocycles. The molecular weight excluding hydrogens is 168 g/mol. The third kappa shape index (κ3) is 1.66. The molecule has 0 fully saturated rings. The number of H-pyrrole nitrogens is 1. The quantitative estimate of drug-likeness (QED) is 0.719. The van der Waals surface area contributed by atoms with Crippen LogP contribution < -0.4 is 0 Å². The molecule has 0 saturated carbocycles. The van der Waals surface area contributed by atoms with E-state index in [0.29, 0.717) is 11.6 Å². The second-order valence-corrected chi connectivity index (χ2v) is 2.61. The maximum Gasteiger partial charge on any atom is 0.205 e. The Morgan fingerprint density at radius 2 is 2.54 bits per heavy atom. The lowest BCUT2D eigenvalue weighted by molar-refractivity contribution is 0.0964. The Hall–Kier alpha value is -1.84. The zero-order valence-electron chi connectivity index (χ0n) is 6.86. The lowest BCUT2D eigenvalue weighted by Crippen LogP contribution is -2.03. The average Bonchev–Trinajstić information content (AvgIpc) is 2.74. The molecule has 0 aliphatic heterocycles. The van der Waals surface area contributed by atoms with Crippen LogP contribution in [0.1, 0.15) is 16.4 Å². The second kappa shape index (κ2) is 3.26. The van der Waals surface area contributed by atoms with Gasteiger partial charge >= 0.3 is 0 Å². The molecule has 0 aliphatic carbocycles. The second-order valence-electron chi connectivity index (χ2n) is 2.61. The molecule has 66 valence electrons. The first-order valence-electron chi connectivity index (χ1n) is 3.91. The number of Topliss-reactive ketones (excluding diaryl/α,β-unsaturated/α-hetero) is 1. The predicted octanol–water partition coefficient (Wildman–Crippen LogP) is 1.43. The average molecular weight is 176 g/mol. The number of carbonyl (C=O) groups excluding carboxylic acids is 1. The number of furan rings is 1. The molecular formula is C9H8N2O2. The van der Waals surface area contributed by atoms with E-state index in [9.17, 15) is 4.79 Å². The zero-order valence-corrected chi connectivity index (χ0v) is 6.86. The number of hydrogen-bond donors (Lipinski definition) is 1. The normalized spacial score (nSPS) is 10.2. The highest BCUT2D eigenvalue weighted by molar-refractivity contribution is 5.94. The van der Waals surface area contributed by atoms with Gasteiger partial charge in [-0.15, -0.1) is 0 Å².